The molecule has 0 bridgehead atoms. The molecule has 0 aliphatic rings. The van der Waals surface area contributed by atoms with Crippen molar-refractivity contribution in [2.45, 2.75) is 13.5 Å². The van der Waals surface area contributed by atoms with Crippen LogP contribution in [0.2, 0.25) is 0 Å². The average molecular weight is 271 g/mol. The maximum atomic E-state index is 13.3. The van der Waals surface area contributed by atoms with Crippen LogP contribution in [-0.4, -0.2) is 9.97 Å². The third-order valence-electron chi connectivity index (χ3n) is 2.55. The lowest BCUT2D eigenvalue weighted by Crippen LogP contribution is -2.10. The van der Waals surface area contributed by atoms with E-state index in [1.54, 1.807) is 19.1 Å². The van der Waals surface area contributed by atoms with E-state index in [4.69, 9.17) is 0 Å². The van der Waals surface area contributed by atoms with Gasteiger partial charge in [-0.2, -0.15) is 22.5 Å². The predicted octanol–water partition coefficient (Wildman–Crippen LogP) is 2.95. The van der Waals surface area contributed by atoms with E-state index in [0.717, 1.165) is 5.56 Å². The molecule has 0 saturated carbocycles. The van der Waals surface area contributed by atoms with Gasteiger partial charge in [-0.05, 0) is 18.6 Å². The van der Waals surface area contributed by atoms with Crippen LogP contribution in [0.4, 0.5) is 23.2 Å². The molecule has 0 fully saturated rings. The average Bonchev–Trinajstić information content (AvgIpc) is 2.38. The molecule has 100 valence electrons. The quantitative estimate of drug-likeness (QED) is 0.689. The Morgan fingerprint density at radius 1 is 1.11 bits per heavy atom. The fraction of sp³-hybridized carbons (Fsp3) is 0.167. The summed E-state index contributed by atoms with van der Waals surface area (Å²) < 4.78 is 52.4. The van der Waals surface area contributed by atoms with Crippen LogP contribution in [0.3, 0.4) is 0 Å². The van der Waals surface area contributed by atoms with Gasteiger partial charge in [0, 0.05) is 6.20 Å². The van der Waals surface area contributed by atoms with Gasteiger partial charge in [0.05, 0.1) is 12.2 Å². The maximum absolute atomic E-state index is 13.3. The number of hydrogen-bond acceptors (Lipinski definition) is 3. The van der Waals surface area contributed by atoms with Crippen LogP contribution in [0.25, 0.3) is 0 Å². The first-order valence-corrected chi connectivity index (χ1v) is 5.35. The topological polar surface area (TPSA) is 37.8 Å². The molecule has 0 saturated heterocycles. The van der Waals surface area contributed by atoms with Crippen LogP contribution in [0.15, 0.2) is 18.3 Å². The minimum atomic E-state index is -1.70. The van der Waals surface area contributed by atoms with Crippen molar-refractivity contribution in [3.8, 4) is 0 Å². The first-order valence-electron chi connectivity index (χ1n) is 5.35. The van der Waals surface area contributed by atoms with Gasteiger partial charge in [0.1, 0.15) is 5.69 Å². The third kappa shape index (κ3) is 2.64. The van der Waals surface area contributed by atoms with E-state index >= 15 is 0 Å². The van der Waals surface area contributed by atoms with E-state index in [9.17, 15) is 17.6 Å². The Bertz CT molecular complexity index is 590. The Labute approximate surface area is 106 Å². The van der Waals surface area contributed by atoms with Crippen LogP contribution >= 0.6 is 0 Å². The summed E-state index contributed by atoms with van der Waals surface area (Å²) in [6.45, 7) is 1.69. The Morgan fingerprint density at radius 2 is 1.74 bits per heavy atom. The monoisotopic (exact) mass is 271 g/mol. The second-order valence-corrected chi connectivity index (χ2v) is 3.82. The molecule has 0 radical (unpaired) electrons. The maximum Gasteiger partial charge on any atom is 0.253 e. The molecule has 2 aromatic heterocycles. The fourth-order valence-electron chi connectivity index (χ4n) is 1.52. The second kappa shape index (κ2) is 5.21. The minimum absolute atomic E-state index is 0.0661. The molecule has 0 spiro atoms. The van der Waals surface area contributed by atoms with Crippen LogP contribution in [0.5, 0.6) is 0 Å². The van der Waals surface area contributed by atoms with Crippen molar-refractivity contribution in [2.24, 2.45) is 0 Å². The van der Waals surface area contributed by atoms with Crippen molar-refractivity contribution >= 4 is 5.69 Å². The zero-order valence-corrected chi connectivity index (χ0v) is 9.85. The van der Waals surface area contributed by atoms with Crippen LogP contribution in [-0.2, 0) is 6.54 Å². The van der Waals surface area contributed by atoms with Gasteiger partial charge in [-0.15, -0.1) is 0 Å². The SMILES string of the molecule is Cc1cccnc1CNc1c(F)c(F)nc(F)c1F. The van der Waals surface area contributed by atoms with Gasteiger partial charge in [-0.1, -0.05) is 6.07 Å². The molecule has 3 nitrogen and oxygen atoms in total. The molecular weight excluding hydrogens is 262 g/mol. The standard InChI is InChI=1S/C12H9F4N3/c1-6-3-2-4-17-7(6)5-18-10-8(13)11(15)19-12(16)9(10)14/h2-4H,5H2,1H3,(H,18,19). The highest BCUT2D eigenvalue weighted by molar-refractivity contribution is 5.45. The largest absolute Gasteiger partial charge is 0.374 e. The first kappa shape index (κ1) is 13.3. The summed E-state index contributed by atoms with van der Waals surface area (Å²) in [6, 6.07) is 3.45. The number of aryl methyl sites for hydroxylation is 1. The number of anilines is 1. The highest BCUT2D eigenvalue weighted by Crippen LogP contribution is 2.22. The summed E-state index contributed by atoms with van der Waals surface area (Å²) in [6.07, 6.45) is 1.50. The van der Waals surface area contributed by atoms with E-state index in [-0.39, 0.29) is 6.54 Å². The lowest BCUT2D eigenvalue weighted by molar-refractivity contribution is 0.410. The van der Waals surface area contributed by atoms with Crippen molar-refractivity contribution in [3.63, 3.8) is 0 Å². The lowest BCUT2D eigenvalue weighted by atomic mass is 10.2. The van der Waals surface area contributed by atoms with E-state index in [0.29, 0.717) is 5.69 Å². The summed E-state index contributed by atoms with van der Waals surface area (Å²) in [4.78, 5) is 6.45. The zero-order valence-electron chi connectivity index (χ0n) is 9.85. The van der Waals surface area contributed by atoms with Gasteiger partial charge in [-0.3, -0.25) is 4.98 Å². The Balaban J connectivity index is 2.28. The number of rotatable bonds is 3. The number of halogens is 4. The molecule has 0 aromatic carbocycles. The molecular formula is C12H9F4N3. The highest BCUT2D eigenvalue weighted by Gasteiger charge is 2.20. The predicted molar refractivity (Wildman–Crippen MR) is 60.4 cm³/mol. The van der Waals surface area contributed by atoms with Crippen molar-refractivity contribution in [1.82, 2.24) is 9.97 Å². The van der Waals surface area contributed by atoms with Gasteiger partial charge < -0.3 is 5.32 Å². The van der Waals surface area contributed by atoms with Crippen molar-refractivity contribution in [3.05, 3.63) is 53.1 Å². The number of hydrogen-bond donors (Lipinski definition) is 1. The molecule has 0 unspecified atom stereocenters. The summed E-state index contributed by atoms with van der Waals surface area (Å²) >= 11 is 0. The second-order valence-electron chi connectivity index (χ2n) is 3.82. The van der Waals surface area contributed by atoms with Crippen LogP contribution in [0.1, 0.15) is 11.3 Å². The smallest absolute Gasteiger partial charge is 0.253 e. The summed E-state index contributed by atoms with van der Waals surface area (Å²) in [7, 11) is 0. The molecule has 0 aliphatic carbocycles. The number of nitrogens with zero attached hydrogens (tertiary/aromatic N) is 2. The fourth-order valence-corrected chi connectivity index (χ4v) is 1.52. The summed E-state index contributed by atoms with van der Waals surface area (Å²) in [5.74, 6) is -6.52. The molecule has 0 atom stereocenters. The number of aromatic nitrogens is 2. The van der Waals surface area contributed by atoms with Crippen molar-refractivity contribution in [2.75, 3.05) is 5.32 Å². The zero-order chi connectivity index (χ0) is 14.0. The molecule has 1 N–H and O–H groups in total. The van der Waals surface area contributed by atoms with E-state index in [1.165, 1.54) is 6.20 Å². The Morgan fingerprint density at radius 3 is 2.32 bits per heavy atom. The number of nitrogens with one attached hydrogen (secondary N) is 1. The Kier molecular flexibility index (Phi) is 3.64. The summed E-state index contributed by atoms with van der Waals surface area (Å²) in [5.41, 5.74) is 0.403. The van der Waals surface area contributed by atoms with Crippen molar-refractivity contribution < 1.29 is 17.6 Å². The molecule has 2 heterocycles. The molecule has 19 heavy (non-hydrogen) atoms. The molecule has 0 aliphatic heterocycles. The minimum Gasteiger partial charge on any atom is -0.374 e. The first-order chi connectivity index (χ1) is 9.00. The third-order valence-corrected chi connectivity index (χ3v) is 2.55. The van der Waals surface area contributed by atoms with Crippen LogP contribution in [0, 0.1) is 30.5 Å². The van der Waals surface area contributed by atoms with Gasteiger partial charge in [0.15, 0.2) is 0 Å². The lowest BCUT2D eigenvalue weighted by Gasteiger charge is -2.10. The molecule has 2 aromatic rings. The molecule has 7 heteroatoms. The van der Waals surface area contributed by atoms with Gasteiger partial charge in [-0.25, -0.2) is 0 Å². The normalized spacial score (nSPS) is 10.6. The van der Waals surface area contributed by atoms with Gasteiger partial charge in [0.25, 0.3) is 11.9 Å². The van der Waals surface area contributed by atoms with Gasteiger partial charge >= 0.3 is 0 Å². The van der Waals surface area contributed by atoms with E-state index in [2.05, 4.69) is 15.3 Å². The van der Waals surface area contributed by atoms with Crippen molar-refractivity contribution in [1.29, 1.82) is 0 Å². The number of pyridine rings is 2. The molecule has 2 rings (SSSR count). The highest BCUT2D eigenvalue weighted by atomic mass is 19.2. The Hall–Kier alpha value is -2.18. The van der Waals surface area contributed by atoms with Gasteiger partial charge in [0.2, 0.25) is 11.6 Å². The van der Waals surface area contributed by atoms with E-state index < -0.39 is 29.2 Å². The summed E-state index contributed by atoms with van der Waals surface area (Å²) in [5, 5.41) is 2.29. The van der Waals surface area contributed by atoms with Crippen LogP contribution < -0.4 is 5.32 Å². The molecule has 0 amide bonds. The van der Waals surface area contributed by atoms with E-state index in [1.807, 2.05) is 0 Å².